The van der Waals surface area contributed by atoms with E-state index in [4.69, 9.17) is 19.4 Å². The van der Waals surface area contributed by atoms with Crippen LogP contribution in [0.1, 0.15) is 0 Å². The second-order valence-electron chi connectivity index (χ2n) is 12.8. The Balaban J connectivity index is 1.15. The zero-order valence-corrected chi connectivity index (χ0v) is 27.5. The average Bonchev–Trinajstić information content (AvgIpc) is 3.59. The molecule has 51 heavy (non-hydrogen) atoms. The first kappa shape index (κ1) is 29.0. The van der Waals surface area contributed by atoms with E-state index in [0.29, 0.717) is 17.5 Å². The molecule has 0 amide bonds. The van der Waals surface area contributed by atoms with Crippen molar-refractivity contribution in [3.05, 3.63) is 176 Å². The second-order valence-corrected chi connectivity index (χ2v) is 12.8. The molecule has 238 valence electrons. The highest BCUT2D eigenvalue weighted by molar-refractivity contribution is 6.13. The van der Waals surface area contributed by atoms with Gasteiger partial charge < -0.3 is 4.42 Å². The molecule has 0 bridgehead atoms. The monoisotopic (exact) mass is 651 g/mol. The number of furan rings is 1. The highest BCUT2D eigenvalue weighted by Gasteiger charge is 2.19. The molecule has 0 spiro atoms. The molecule has 10 rings (SSSR count). The van der Waals surface area contributed by atoms with Gasteiger partial charge in [0.05, 0.1) is 0 Å². The normalized spacial score (nSPS) is 11.5. The van der Waals surface area contributed by atoms with E-state index in [1.807, 2.05) is 48.5 Å². The molecule has 0 aliphatic heterocycles. The van der Waals surface area contributed by atoms with Gasteiger partial charge in [-0.05, 0) is 74.1 Å². The van der Waals surface area contributed by atoms with Crippen LogP contribution in [0.5, 0.6) is 0 Å². The molecule has 0 radical (unpaired) electrons. The van der Waals surface area contributed by atoms with Crippen LogP contribution >= 0.6 is 0 Å². The molecule has 0 saturated heterocycles. The Morgan fingerprint density at radius 2 is 0.922 bits per heavy atom. The van der Waals surface area contributed by atoms with Crippen molar-refractivity contribution in [1.29, 1.82) is 0 Å². The summed E-state index contributed by atoms with van der Waals surface area (Å²) in [6, 6.07) is 61.1. The summed E-state index contributed by atoms with van der Waals surface area (Å²) in [4.78, 5) is 15.3. The standard InChI is InChI=1S/C47H29N3O/c1-3-11-30(12-4-1)33-16-9-17-34(27-33)35-24-26-42-41(29-35)44-40(19-10-20-43(44)51-42)47-49-45(32-14-5-2-6-15-32)48-46(50-47)37-23-25-39-36(28-37)22-21-31-13-7-8-18-38(31)39/h1-29H. The maximum Gasteiger partial charge on any atom is 0.164 e. The van der Waals surface area contributed by atoms with Crippen LogP contribution in [-0.2, 0) is 0 Å². The van der Waals surface area contributed by atoms with Crippen LogP contribution in [0, 0.1) is 0 Å². The largest absolute Gasteiger partial charge is 0.456 e. The van der Waals surface area contributed by atoms with Gasteiger partial charge in [0.1, 0.15) is 11.2 Å². The zero-order chi connectivity index (χ0) is 33.7. The Kier molecular flexibility index (Phi) is 6.78. The van der Waals surface area contributed by atoms with Crippen LogP contribution < -0.4 is 0 Å². The van der Waals surface area contributed by atoms with Crippen molar-refractivity contribution in [2.75, 3.05) is 0 Å². The number of fused-ring (bicyclic) bond motifs is 6. The third kappa shape index (κ3) is 5.13. The lowest BCUT2D eigenvalue weighted by molar-refractivity contribution is 0.669. The Labute approximate surface area is 294 Å². The van der Waals surface area contributed by atoms with Gasteiger partial charge in [-0.2, -0.15) is 0 Å². The first-order valence-electron chi connectivity index (χ1n) is 17.1. The number of hydrogen-bond acceptors (Lipinski definition) is 4. The van der Waals surface area contributed by atoms with Gasteiger partial charge in [-0.1, -0.05) is 146 Å². The molecule has 10 aromatic rings. The summed E-state index contributed by atoms with van der Waals surface area (Å²) >= 11 is 0. The molecule has 8 aromatic carbocycles. The molecule has 0 atom stereocenters. The van der Waals surface area contributed by atoms with Crippen LogP contribution in [0.2, 0.25) is 0 Å². The number of hydrogen-bond donors (Lipinski definition) is 0. The summed E-state index contributed by atoms with van der Waals surface area (Å²) in [6.07, 6.45) is 0. The topological polar surface area (TPSA) is 51.8 Å². The van der Waals surface area contributed by atoms with E-state index in [1.165, 1.54) is 27.3 Å². The molecular formula is C47H29N3O. The maximum absolute atomic E-state index is 6.44. The average molecular weight is 652 g/mol. The molecule has 2 aromatic heterocycles. The van der Waals surface area contributed by atoms with Crippen LogP contribution in [-0.4, -0.2) is 15.0 Å². The van der Waals surface area contributed by atoms with Gasteiger partial charge >= 0.3 is 0 Å². The minimum Gasteiger partial charge on any atom is -0.456 e. The van der Waals surface area contributed by atoms with Crippen molar-refractivity contribution in [2.45, 2.75) is 0 Å². The SMILES string of the molecule is c1ccc(-c2cccc(-c3ccc4oc5cccc(-c6nc(-c7ccccc7)nc(-c7ccc8c(ccc9ccccc98)c7)n6)c5c4c3)c2)cc1. The fourth-order valence-electron chi connectivity index (χ4n) is 7.20. The van der Waals surface area contributed by atoms with E-state index in [2.05, 4.69) is 127 Å². The Hall–Kier alpha value is -6.91. The van der Waals surface area contributed by atoms with Crippen molar-refractivity contribution in [1.82, 2.24) is 15.0 Å². The molecule has 0 fully saturated rings. The minimum atomic E-state index is 0.599. The van der Waals surface area contributed by atoms with E-state index >= 15 is 0 Å². The smallest absolute Gasteiger partial charge is 0.164 e. The number of nitrogens with zero attached hydrogens (tertiary/aromatic N) is 3. The van der Waals surface area contributed by atoms with Gasteiger partial charge in [0.25, 0.3) is 0 Å². The third-order valence-corrected chi connectivity index (χ3v) is 9.71. The third-order valence-electron chi connectivity index (χ3n) is 9.71. The number of rotatable bonds is 5. The van der Waals surface area contributed by atoms with Crippen molar-refractivity contribution >= 4 is 43.5 Å². The lowest BCUT2D eigenvalue weighted by atomic mass is 9.97. The van der Waals surface area contributed by atoms with Crippen LogP contribution in [0.4, 0.5) is 0 Å². The highest BCUT2D eigenvalue weighted by atomic mass is 16.3. The molecular weight excluding hydrogens is 623 g/mol. The van der Waals surface area contributed by atoms with Gasteiger partial charge in [0.15, 0.2) is 17.5 Å². The summed E-state index contributed by atoms with van der Waals surface area (Å²) in [7, 11) is 0. The highest BCUT2D eigenvalue weighted by Crippen LogP contribution is 2.39. The summed E-state index contributed by atoms with van der Waals surface area (Å²) in [6.45, 7) is 0. The second kappa shape index (κ2) is 11.9. The number of benzene rings is 8. The Morgan fingerprint density at radius 1 is 0.314 bits per heavy atom. The first-order chi connectivity index (χ1) is 25.2. The Morgan fingerprint density at radius 3 is 1.76 bits per heavy atom. The van der Waals surface area contributed by atoms with Crippen molar-refractivity contribution in [2.24, 2.45) is 0 Å². The predicted molar refractivity (Wildman–Crippen MR) is 209 cm³/mol. The number of aromatic nitrogens is 3. The fraction of sp³-hybridized carbons (Fsp3) is 0. The lowest BCUT2D eigenvalue weighted by Crippen LogP contribution is -2.00. The van der Waals surface area contributed by atoms with Crippen molar-refractivity contribution in [3.8, 4) is 56.4 Å². The summed E-state index contributed by atoms with van der Waals surface area (Å²) in [5, 5.41) is 6.79. The molecule has 0 N–H and O–H groups in total. The molecule has 2 heterocycles. The molecule has 4 heteroatoms. The van der Waals surface area contributed by atoms with Crippen molar-refractivity contribution < 1.29 is 4.42 Å². The van der Waals surface area contributed by atoms with Crippen molar-refractivity contribution in [3.63, 3.8) is 0 Å². The molecule has 0 saturated carbocycles. The van der Waals surface area contributed by atoms with E-state index in [0.717, 1.165) is 55.1 Å². The van der Waals surface area contributed by atoms with E-state index < -0.39 is 0 Å². The van der Waals surface area contributed by atoms with Crippen LogP contribution in [0.3, 0.4) is 0 Å². The van der Waals surface area contributed by atoms with E-state index in [9.17, 15) is 0 Å². The fourth-order valence-corrected chi connectivity index (χ4v) is 7.20. The van der Waals surface area contributed by atoms with Gasteiger partial charge in [0.2, 0.25) is 0 Å². The minimum absolute atomic E-state index is 0.599. The summed E-state index contributed by atoms with van der Waals surface area (Å²) in [5.74, 6) is 1.84. The Bertz CT molecular complexity index is 2910. The van der Waals surface area contributed by atoms with Crippen LogP contribution in [0.25, 0.3) is 99.9 Å². The quantitative estimate of drug-likeness (QED) is 0.174. The van der Waals surface area contributed by atoms with Gasteiger partial charge in [-0.15, -0.1) is 0 Å². The summed E-state index contributed by atoms with van der Waals surface area (Å²) < 4.78 is 6.44. The first-order valence-corrected chi connectivity index (χ1v) is 17.1. The van der Waals surface area contributed by atoms with Gasteiger partial charge in [-0.3, -0.25) is 0 Å². The molecule has 0 aliphatic carbocycles. The maximum atomic E-state index is 6.44. The van der Waals surface area contributed by atoms with E-state index in [-0.39, 0.29) is 0 Å². The van der Waals surface area contributed by atoms with E-state index in [1.54, 1.807) is 0 Å². The summed E-state index contributed by atoms with van der Waals surface area (Å²) in [5.41, 5.74) is 9.00. The lowest BCUT2D eigenvalue weighted by Gasteiger charge is -2.11. The molecule has 4 nitrogen and oxygen atoms in total. The zero-order valence-electron chi connectivity index (χ0n) is 27.5. The molecule has 0 unspecified atom stereocenters. The van der Waals surface area contributed by atoms with Gasteiger partial charge in [-0.25, -0.2) is 15.0 Å². The predicted octanol–water partition coefficient (Wildman–Crippen LogP) is 12.4. The molecule has 0 aliphatic rings. The van der Waals surface area contributed by atoms with Gasteiger partial charge in [0, 0.05) is 27.5 Å². The van der Waals surface area contributed by atoms with Crippen LogP contribution in [0.15, 0.2) is 180 Å².